The molecule has 0 aliphatic carbocycles. The van der Waals surface area contributed by atoms with E-state index in [-0.39, 0.29) is 23.3 Å². The number of carbonyl (C=O) groups excluding carboxylic acids is 1. The highest BCUT2D eigenvalue weighted by Gasteiger charge is 2.27. The SMILES string of the molecule is CN(C(=O)c1ccc(O)c(Cl)c1)C(C)(C)CO. The maximum Gasteiger partial charge on any atom is 0.254 e. The minimum Gasteiger partial charge on any atom is -0.506 e. The van der Waals surface area contributed by atoms with E-state index in [4.69, 9.17) is 11.6 Å². The Kier molecular flexibility index (Phi) is 4.01. The molecule has 0 aliphatic heterocycles. The average molecular weight is 258 g/mol. The lowest BCUT2D eigenvalue weighted by molar-refractivity contribution is 0.0473. The van der Waals surface area contributed by atoms with Crippen molar-refractivity contribution in [1.29, 1.82) is 0 Å². The molecule has 0 atom stereocenters. The van der Waals surface area contributed by atoms with Crippen LogP contribution in [0.5, 0.6) is 5.75 Å². The van der Waals surface area contributed by atoms with Crippen LogP contribution >= 0.6 is 11.6 Å². The lowest BCUT2D eigenvalue weighted by Crippen LogP contribution is -2.47. The zero-order valence-corrected chi connectivity index (χ0v) is 10.8. The third-order valence-corrected chi connectivity index (χ3v) is 3.10. The van der Waals surface area contributed by atoms with E-state index in [0.29, 0.717) is 5.56 Å². The molecular formula is C12H16ClNO3. The van der Waals surface area contributed by atoms with Gasteiger partial charge < -0.3 is 15.1 Å². The number of hydrogen-bond acceptors (Lipinski definition) is 3. The van der Waals surface area contributed by atoms with E-state index in [1.165, 1.54) is 23.1 Å². The highest BCUT2D eigenvalue weighted by Crippen LogP contribution is 2.25. The zero-order valence-electron chi connectivity index (χ0n) is 10.1. The summed E-state index contributed by atoms with van der Waals surface area (Å²) in [6.45, 7) is 3.38. The van der Waals surface area contributed by atoms with Gasteiger partial charge in [0.2, 0.25) is 0 Å². The molecule has 2 N–H and O–H groups in total. The molecule has 0 unspecified atom stereocenters. The number of aromatic hydroxyl groups is 1. The van der Waals surface area contributed by atoms with E-state index in [1.54, 1.807) is 20.9 Å². The first kappa shape index (κ1) is 13.8. The summed E-state index contributed by atoms with van der Waals surface area (Å²) in [4.78, 5) is 13.5. The van der Waals surface area contributed by atoms with Crippen molar-refractivity contribution in [1.82, 2.24) is 4.90 Å². The predicted octanol–water partition coefficient (Wildman–Crippen LogP) is 1.89. The third kappa shape index (κ3) is 2.90. The van der Waals surface area contributed by atoms with Crippen molar-refractivity contribution < 1.29 is 15.0 Å². The number of nitrogens with zero attached hydrogens (tertiary/aromatic N) is 1. The number of likely N-dealkylation sites (N-methyl/N-ethyl adjacent to an activating group) is 1. The smallest absolute Gasteiger partial charge is 0.254 e. The van der Waals surface area contributed by atoms with Gasteiger partial charge in [-0.25, -0.2) is 0 Å². The normalized spacial score (nSPS) is 11.4. The first-order valence-electron chi connectivity index (χ1n) is 5.17. The molecule has 94 valence electrons. The summed E-state index contributed by atoms with van der Waals surface area (Å²) in [6.07, 6.45) is 0. The molecular weight excluding hydrogens is 242 g/mol. The molecule has 0 aromatic heterocycles. The Labute approximate surface area is 105 Å². The Hall–Kier alpha value is -1.26. The third-order valence-electron chi connectivity index (χ3n) is 2.79. The first-order chi connectivity index (χ1) is 7.79. The topological polar surface area (TPSA) is 60.8 Å². The average Bonchev–Trinajstić information content (AvgIpc) is 2.30. The van der Waals surface area contributed by atoms with E-state index in [2.05, 4.69) is 0 Å². The van der Waals surface area contributed by atoms with Gasteiger partial charge in [0, 0.05) is 12.6 Å². The van der Waals surface area contributed by atoms with Crippen molar-refractivity contribution in [3.63, 3.8) is 0 Å². The number of phenols is 1. The largest absolute Gasteiger partial charge is 0.506 e. The summed E-state index contributed by atoms with van der Waals surface area (Å²) in [5.74, 6) is -0.321. The van der Waals surface area contributed by atoms with Gasteiger partial charge in [-0.1, -0.05) is 11.6 Å². The van der Waals surface area contributed by atoms with Gasteiger partial charge in [0.05, 0.1) is 17.2 Å². The van der Waals surface area contributed by atoms with Crippen molar-refractivity contribution in [2.45, 2.75) is 19.4 Å². The Morgan fingerprint density at radius 1 is 1.47 bits per heavy atom. The quantitative estimate of drug-likeness (QED) is 0.869. The highest BCUT2D eigenvalue weighted by atomic mass is 35.5. The molecule has 5 heteroatoms. The molecule has 0 spiro atoms. The minimum atomic E-state index is -0.651. The number of phenolic OH excluding ortho intramolecular Hbond substituents is 1. The maximum absolute atomic E-state index is 12.1. The van der Waals surface area contributed by atoms with Crippen molar-refractivity contribution >= 4 is 17.5 Å². The van der Waals surface area contributed by atoms with Gasteiger partial charge in [-0.2, -0.15) is 0 Å². The molecule has 1 aromatic carbocycles. The molecule has 17 heavy (non-hydrogen) atoms. The van der Waals surface area contributed by atoms with E-state index in [0.717, 1.165) is 0 Å². The molecule has 0 heterocycles. The van der Waals surface area contributed by atoms with Crippen LogP contribution in [-0.4, -0.2) is 40.2 Å². The molecule has 4 nitrogen and oxygen atoms in total. The number of aliphatic hydroxyl groups excluding tert-OH is 1. The monoisotopic (exact) mass is 257 g/mol. The maximum atomic E-state index is 12.1. The number of benzene rings is 1. The Balaban J connectivity index is 3.01. The fourth-order valence-electron chi connectivity index (χ4n) is 1.21. The van der Waals surface area contributed by atoms with E-state index in [1.807, 2.05) is 0 Å². The zero-order chi connectivity index (χ0) is 13.2. The molecule has 0 saturated carbocycles. The summed E-state index contributed by atoms with van der Waals surface area (Å²) in [7, 11) is 1.61. The molecule has 0 bridgehead atoms. The number of rotatable bonds is 3. The number of carbonyl (C=O) groups is 1. The first-order valence-corrected chi connectivity index (χ1v) is 5.55. The van der Waals surface area contributed by atoms with Crippen LogP contribution in [-0.2, 0) is 0 Å². The second-order valence-corrected chi connectivity index (χ2v) is 4.91. The van der Waals surface area contributed by atoms with E-state index >= 15 is 0 Å². The van der Waals surface area contributed by atoms with Crippen LogP contribution in [0.3, 0.4) is 0 Å². The number of halogens is 1. The van der Waals surface area contributed by atoms with Crippen LogP contribution in [0.25, 0.3) is 0 Å². The van der Waals surface area contributed by atoms with Crippen molar-refractivity contribution in [2.24, 2.45) is 0 Å². The fourth-order valence-corrected chi connectivity index (χ4v) is 1.40. The predicted molar refractivity (Wildman–Crippen MR) is 66.4 cm³/mol. The molecule has 1 amide bonds. The molecule has 0 aliphatic rings. The summed E-state index contributed by atoms with van der Waals surface area (Å²) in [5.41, 5.74) is -0.279. The van der Waals surface area contributed by atoms with Crippen LogP contribution < -0.4 is 0 Å². The van der Waals surface area contributed by atoms with Crippen molar-refractivity contribution in [3.8, 4) is 5.75 Å². The standard InChI is InChI=1S/C12H16ClNO3/c1-12(2,7-15)14(3)11(17)8-4-5-10(16)9(13)6-8/h4-6,15-16H,7H2,1-3H3. The lowest BCUT2D eigenvalue weighted by Gasteiger charge is -2.34. The second-order valence-electron chi connectivity index (χ2n) is 4.50. The second kappa shape index (κ2) is 4.94. The van der Waals surface area contributed by atoms with Gasteiger partial charge >= 0.3 is 0 Å². The van der Waals surface area contributed by atoms with Gasteiger partial charge in [0.25, 0.3) is 5.91 Å². The van der Waals surface area contributed by atoms with Gasteiger partial charge in [-0.05, 0) is 32.0 Å². The Morgan fingerprint density at radius 2 is 2.06 bits per heavy atom. The Morgan fingerprint density at radius 3 is 2.53 bits per heavy atom. The van der Waals surface area contributed by atoms with E-state index in [9.17, 15) is 15.0 Å². The number of aliphatic hydroxyl groups is 1. The fraction of sp³-hybridized carbons (Fsp3) is 0.417. The van der Waals surface area contributed by atoms with Crippen LogP contribution in [0.4, 0.5) is 0 Å². The summed E-state index contributed by atoms with van der Waals surface area (Å²) >= 11 is 5.74. The van der Waals surface area contributed by atoms with Crippen LogP contribution in [0.2, 0.25) is 5.02 Å². The summed E-state index contributed by atoms with van der Waals surface area (Å²) in [6, 6.07) is 4.27. The van der Waals surface area contributed by atoms with Crippen LogP contribution in [0.15, 0.2) is 18.2 Å². The molecule has 0 saturated heterocycles. The van der Waals surface area contributed by atoms with Gasteiger partial charge in [-0.15, -0.1) is 0 Å². The summed E-state index contributed by atoms with van der Waals surface area (Å²) in [5, 5.41) is 18.6. The molecule has 0 radical (unpaired) electrons. The summed E-state index contributed by atoms with van der Waals surface area (Å²) < 4.78 is 0. The number of hydrogen-bond donors (Lipinski definition) is 2. The van der Waals surface area contributed by atoms with Gasteiger partial charge in [0.15, 0.2) is 0 Å². The lowest BCUT2D eigenvalue weighted by atomic mass is 10.0. The minimum absolute atomic E-state index is 0.0627. The van der Waals surface area contributed by atoms with Crippen LogP contribution in [0, 0.1) is 0 Å². The molecule has 0 fully saturated rings. The van der Waals surface area contributed by atoms with Crippen LogP contribution in [0.1, 0.15) is 24.2 Å². The van der Waals surface area contributed by atoms with Gasteiger partial charge in [-0.3, -0.25) is 4.79 Å². The van der Waals surface area contributed by atoms with Crippen molar-refractivity contribution in [3.05, 3.63) is 28.8 Å². The van der Waals surface area contributed by atoms with Gasteiger partial charge in [0.1, 0.15) is 5.75 Å². The highest BCUT2D eigenvalue weighted by molar-refractivity contribution is 6.32. The van der Waals surface area contributed by atoms with Crippen molar-refractivity contribution in [2.75, 3.05) is 13.7 Å². The molecule has 1 rings (SSSR count). The Bertz CT molecular complexity index is 432. The molecule has 1 aromatic rings. The van der Waals surface area contributed by atoms with E-state index < -0.39 is 5.54 Å². The number of amides is 1.